The lowest BCUT2D eigenvalue weighted by Gasteiger charge is -2.19. The number of aromatic amines is 1. The van der Waals surface area contributed by atoms with Crippen LogP contribution in [-0.2, 0) is 9.59 Å². The smallest absolute Gasteiger partial charge is 0.321 e. The molecule has 0 radical (unpaired) electrons. The third kappa shape index (κ3) is 5.70. The van der Waals surface area contributed by atoms with Gasteiger partial charge in [0, 0.05) is 35.0 Å². The molecule has 14 heteroatoms. The number of halogens is 2. The van der Waals surface area contributed by atoms with Crippen LogP contribution in [0.5, 0.6) is 0 Å². The number of likely N-dealkylation sites (tertiary alicyclic amines) is 1. The lowest BCUT2D eigenvalue weighted by atomic mass is 10.2. The van der Waals surface area contributed by atoms with E-state index >= 15 is 0 Å². The number of carboxylic acids is 1. The number of aliphatic carboxylic acids is 1. The number of nitrogens with zero attached hydrogens (tertiary/aromatic N) is 5. The van der Waals surface area contributed by atoms with E-state index < -0.39 is 43.4 Å². The normalized spacial score (nSPS) is 17.2. The number of rotatable bonds is 8. The van der Waals surface area contributed by atoms with Gasteiger partial charge in [-0.3, -0.25) is 19.6 Å². The molecule has 4 heterocycles. The number of aryl methyl sites for hydroxylation is 1. The lowest BCUT2D eigenvalue weighted by Crippen LogP contribution is -2.41. The molecule has 0 aliphatic carbocycles. The molecule has 37 heavy (non-hydrogen) atoms. The van der Waals surface area contributed by atoms with E-state index in [0.29, 0.717) is 22.5 Å². The number of nitrogens with one attached hydrogen (secondary N) is 3. The molecule has 0 unspecified atom stereocenters. The van der Waals surface area contributed by atoms with E-state index in [9.17, 15) is 23.5 Å². The van der Waals surface area contributed by atoms with Crippen LogP contribution in [0, 0.1) is 6.92 Å². The van der Waals surface area contributed by atoms with Crippen molar-refractivity contribution >= 4 is 46.5 Å². The number of benzene rings is 1. The second kappa shape index (κ2) is 9.78. The Bertz CT molecular complexity index is 1460. The van der Waals surface area contributed by atoms with Gasteiger partial charge in [0.05, 0.1) is 13.1 Å². The van der Waals surface area contributed by atoms with Crippen LogP contribution in [0.2, 0.25) is 0 Å². The number of aromatic nitrogens is 5. The average Bonchev–Trinajstić information content (AvgIpc) is 3.53. The highest BCUT2D eigenvalue weighted by Gasteiger charge is 2.48. The SMILES string of the molecule is Cc1cc(Nc2nc(Sc3ccc(NC(=O)CN4CC(F)(F)C[C@H]4C(=O)O)cc3)nn3cccc23)n[nH]1. The Morgan fingerprint density at radius 2 is 2.05 bits per heavy atom. The van der Waals surface area contributed by atoms with Gasteiger partial charge >= 0.3 is 5.97 Å². The molecule has 1 aromatic carbocycles. The summed E-state index contributed by atoms with van der Waals surface area (Å²) >= 11 is 1.31. The summed E-state index contributed by atoms with van der Waals surface area (Å²) in [6.45, 7) is 0.685. The highest BCUT2D eigenvalue weighted by Crippen LogP contribution is 2.32. The van der Waals surface area contributed by atoms with Crippen molar-refractivity contribution in [1.29, 1.82) is 0 Å². The number of carbonyl (C=O) groups is 2. The summed E-state index contributed by atoms with van der Waals surface area (Å²) in [5, 5.41) is 27.0. The molecule has 4 aromatic rings. The Morgan fingerprint density at radius 3 is 2.76 bits per heavy atom. The van der Waals surface area contributed by atoms with Gasteiger partial charge in [-0.05, 0) is 55.1 Å². The van der Waals surface area contributed by atoms with Crippen LogP contribution >= 0.6 is 11.8 Å². The second-order valence-corrected chi connectivity index (χ2v) is 9.68. The fraction of sp³-hybridized carbons (Fsp3) is 0.261. The molecule has 1 aliphatic heterocycles. The Kier molecular flexibility index (Phi) is 6.52. The third-order valence-corrected chi connectivity index (χ3v) is 6.53. The molecule has 1 saturated heterocycles. The summed E-state index contributed by atoms with van der Waals surface area (Å²) in [6, 6.07) is 11.1. The van der Waals surface area contributed by atoms with E-state index in [1.54, 1.807) is 28.8 Å². The fourth-order valence-corrected chi connectivity index (χ4v) is 4.79. The molecule has 11 nitrogen and oxygen atoms in total. The van der Waals surface area contributed by atoms with Crippen molar-refractivity contribution in [1.82, 2.24) is 29.7 Å². The van der Waals surface area contributed by atoms with Crippen LogP contribution in [0.4, 0.5) is 26.1 Å². The Morgan fingerprint density at radius 1 is 1.27 bits per heavy atom. The first kappa shape index (κ1) is 24.6. The van der Waals surface area contributed by atoms with Crippen molar-refractivity contribution in [3.8, 4) is 0 Å². The monoisotopic (exact) mass is 528 g/mol. The van der Waals surface area contributed by atoms with Crippen molar-refractivity contribution in [2.75, 3.05) is 23.7 Å². The summed E-state index contributed by atoms with van der Waals surface area (Å²) in [7, 11) is 0. The van der Waals surface area contributed by atoms with Gasteiger partial charge in [0.1, 0.15) is 11.6 Å². The number of fused-ring (bicyclic) bond motifs is 1. The molecule has 1 aliphatic rings. The summed E-state index contributed by atoms with van der Waals surface area (Å²) < 4.78 is 29.0. The maximum Gasteiger partial charge on any atom is 0.321 e. The molecular weight excluding hydrogens is 506 g/mol. The predicted molar refractivity (Wildman–Crippen MR) is 131 cm³/mol. The van der Waals surface area contributed by atoms with Crippen molar-refractivity contribution in [2.45, 2.75) is 35.4 Å². The molecular formula is C23H22F2N8O3S. The first-order valence-corrected chi connectivity index (χ1v) is 12.0. The molecule has 0 saturated carbocycles. The van der Waals surface area contributed by atoms with Crippen LogP contribution in [0.1, 0.15) is 12.1 Å². The van der Waals surface area contributed by atoms with Crippen molar-refractivity contribution in [2.24, 2.45) is 0 Å². The maximum absolute atomic E-state index is 13.6. The highest BCUT2D eigenvalue weighted by atomic mass is 32.2. The number of hydrogen-bond donors (Lipinski definition) is 4. The maximum atomic E-state index is 13.6. The summed E-state index contributed by atoms with van der Waals surface area (Å²) in [5.74, 6) is -3.87. The zero-order valence-electron chi connectivity index (χ0n) is 19.5. The molecule has 0 bridgehead atoms. The van der Waals surface area contributed by atoms with E-state index in [1.807, 2.05) is 31.3 Å². The predicted octanol–water partition coefficient (Wildman–Crippen LogP) is 3.39. The lowest BCUT2D eigenvalue weighted by molar-refractivity contribution is -0.142. The molecule has 1 fully saturated rings. The molecule has 1 atom stereocenters. The van der Waals surface area contributed by atoms with Gasteiger partial charge < -0.3 is 15.7 Å². The standard InChI is InChI=1S/C23H22F2N8O3S/c1-13-9-18(30-29-13)27-20-16-3-2-8-33(16)31-22(28-20)37-15-6-4-14(5-7-15)26-19(34)11-32-12-23(24,25)10-17(32)21(35)36/h2-9,17H,10-12H2,1H3,(H,26,34)(H,35,36)(H2,27,28,29,30,31)/t17-/m0/s1. The van der Waals surface area contributed by atoms with Gasteiger partial charge in [-0.25, -0.2) is 18.3 Å². The Balaban J connectivity index is 1.24. The minimum Gasteiger partial charge on any atom is -0.480 e. The zero-order chi connectivity index (χ0) is 26.2. The number of hydrogen-bond acceptors (Lipinski definition) is 8. The largest absolute Gasteiger partial charge is 0.480 e. The van der Waals surface area contributed by atoms with Crippen molar-refractivity contribution in [3.05, 3.63) is 54.4 Å². The highest BCUT2D eigenvalue weighted by molar-refractivity contribution is 7.99. The zero-order valence-corrected chi connectivity index (χ0v) is 20.3. The third-order valence-electron chi connectivity index (χ3n) is 5.67. The quantitative estimate of drug-likeness (QED) is 0.271. The second-order valence-electron chi connectivity index (χ2n) is 8.64. The van der Waals surface area contributed by atoms with Gasteiger partial charge in [-0.1, -0.05) is 0 Å². The average molecular weight is 529 g/mol. The van der Waals surface area contributed by atoms with Crippen LogP contribution in [-0.4, -0.2) is 71.7 Å². The van der Waals surface area contributed by atoms with E-state index in [0.717, 1.165) is 21.0 Å². The molecule has 0 spiro atoms. The van der Waals surface area contributed by atoms with Gasteiger partial charge in [0.15, 0.2) is 11.6 Å². The van der Waals surface area contributed by atoms with Crippen LogP contribution in [0.15, 0.2) is 58.7 Å². The topological polar surface area (TPSA) is 141 Å². The van der Waals surface area contributed by atoms with Crippen LogP contribution in [0.25, 0.3) is 5.52 Å². The van der Waals surface area contributed by atoms with Gasteiger partial charge in [0.25, 0.3) is 5.92 Å². The number of amides is 1. The van der Waals surface area contributed by atoms with E-state index in [2.05, 4.69) is 30.9 Å². The first-order chi connectivity index (χ1) is 17.6. The van der Waals surface area contributed by atoms with E-state index in [4.69, 9.17) is 0 Å². The number of H-pyrrole nitrogens is 1. The van der Waals surface area contributed by atoms with Crippen LogP contribution in [0.3, 0.4) is 0 Å². The van der Waals surface area contributed by atoms with Gasteiger partial charge in [-0.15, -0.1) is 5.10 Å². The first-order valence-electron chi connectivity index (χ1n) is 11.2. The Hall–Kier alpha value is -4.04. The van der Waals surface area contributed by atoms with Crippen molar-refractivity contribution < 1.29 is 23.5 Å². The molecule has 5 rings (SSSR count). The van der Waals surface area contributed by atoms with Gasteiger partial charge in [0.2, 0.25) is 11.1 Å². The van der Waals surface area contributed by atoms with E-state index in [1.165, 1.54) is 11.8 Å². The number of carbonyl (C=O) groups excluding carboxylic acids is 1. The minimum atomic E-state index is -3.14. The number of carboxylic acid groups (broad SMARTS) is 1. The Labute approximate surface area is 213 Å². The number of alkyl halides is 2. The molecule has 3 aromatic heterocycles. The minimum absolute atomic E-state index is 0.445. The van der Waals surface area contributed by atoms with Crippen molar-refractivity contribution in [3.63, 3.8) is 0 Å². The molecule has 1 amide bonds. The molecule has 4 N–H and O–H groups in total. The van der Waals surface area contributed by atoms with Crippen LogP contribution < -0.4 is 10.6 Å². The fourth-order valence-electron chi connectivity index (χ4n) is 4.04. The summed E-state index contributed by atoms with van der Waals surface area (Å²) in [6.07, 6.45) is 1.00. The number of anilines is 3. The summed E-state index contributed by atoms with van der Waals surface area (Å²) in [5.41, 5.74) is 2.14. The molecule has 192 valence electrons. The summed E-state index contributed by atoms with van der Waals surface area (Å²) in [4.78, 5) is 30.0. The van der Waals surface area contributed by atoms with E-state index in [-0.39, 0.29) is 0 Å². The van der Waals surface area contributed by atoms with Gasteiger partial charge in [-0.2, -0.15) is 5.10 Å².